The third-order valence-electron chi connectivity index (χ3n) is 5.96. The number of piperidine rings is 1. The molecule has 0 saturated carbocycles. The van der Waals surface area contributed by atoms with Gasteiger partial charge in [-0.15, -0.1) is 0 Å². The van der Waals surface area contributed by atoms with Gasteiger partial charge in [-0.05, 0) is 62.7 Å². The number of benzene rings is 2. The molecule has 2 N–H and O–H groups in total. The molecule has 0 unspecified atom stereocenters. The van der Waals surface area contributed by atoms with Crippen molar-refractivity contribution in [2.45, 2.75) is 38.8 Å². The zero-order valence-corrected chi connectivity index (χ0v) is 20.8. The first kappa shape index (κ1) is 25.2. The number of pyridine rings is 1. The van der Waals surface area contributed by atoms with Gasteiger partial charge in [0, 0.05) is 35.1 Å². The molecule has 1 fully saturated rings. The zero-order chi connectivity index (χ0) is 24.9. The highest BCUT2D eigenvalue weighted by molar-refractivity contribution is 6.36. The minimum Gasteiger partial charge on any atom is -0.484 e. The molecule has 1 aliphatic heterocycles. The number of aromatic amines is 1. The lowest BCUT2D eigenvalue weighted by molar-refractivity contribution is 0.102. The number of amides is 1. The third-order valence-corrected chi connectivity index (χ3v) is 6.67. The Hall–Kier alpha value is -2.87. The first-order valence-corrected chi connectivity index (χ1v) is 12.2. The van der Waals surface area contributed by atoms with Gasteiger partial charge in [0.15, 0.2) is 0 Å². The van der Waals surface area contributed by atoms with E-state index < -0.39 is 23.4 Å². The topological polar surface area (TPSA) is 74.4 Å². The summed E-state index contributed by atoms with van der Waals surface area (Å²) in [5.41, 5.74) is 1.28. The molecule has 0 spiro atoms. The molecule has 1 atom stereocenters. The maximum absolute atomic E-state index is 13.9. The quantitative estimate of drug-likeness (QED) is 0.366. The molecule has 0 aliphatic carbocycles. The van der Waals surface area contributed by atoms with E-state index in [1.165, 1.54) is 43.7 Å². The van der Waals surface area contributed by atoms with E-state index in [0.717, 1.165) is 25.2 Å². The number of aromatic nitrogens is 1. The molecule has 1 saturated heterocycles. The number of anilines is 1. The largest absolute Gasteiger partial charge is 0.484 e. The Bertz CT molecular complexity index is 1270. The van der Waals surface area contributed by atoms with E-state index in [2.05, 4.69) is 15.2 Å². The fourth-order valence-electron chi connectivity index (χ4n) is 4.20. The molecule has 2 aromatic carbocycles. The van der Waals surface area contributed by atoms with E-state index in [4.69, 9.17) is 27.9 Å². The smallest absolute Gasteiger partial charge is 0.261 e. The van der Waals surface area contributed by atoms with E-state index in [9.17, 15) is 14.0 Å². The lowest BCUT2D eigenvalue weighted by Gasteiger charge is -2.26. The Morgan fingerprint density at radius 2 is 1.94 bits per heavy atom. The predicted molar refractivity (Wildman–Crippen MR) is 136 cm³/mol. The fourth-order valence-corrected chi connectivity index (χ4v) is 4.88. The predicted octanol–water partition coefficient (Wildman–Crippen LogP) is 6.20. The van der Waals surface area contributed by atoms with Crippen LogP contribution in [-0.4, -0.2) is 28.9 Å². The summed E-state index contributed by atoms with van der Waals surface area (Å²) in [7, 11) is 0. The summed E-state index contributed by atoms with van der Waals surface area (Å²) in [6.45, 7) is 4.61. The third kappa shape index (κ3) is 6.23. The number of carbonyl (C=O) groups excluding carboxylic acids is 1. The molecule has 4 rings (SSSR count). The minimum atomic E-state index is -0.737. The average molecular weight is 518 g/mol. The summed E-state index contributed by atoms with van der Waals surface area (Å²) < 4.78 is 19.7. The number of H-pyrrole nitrogens is 1. The number of nitrogens with zero attached hydrogens (tertiary/aromatic N) is 1. The Morgan fingerprint density at radius 1 is 1.17 bits per heavy atom. The number of rotatable bonds is 7. The highest BCUT2D eigenvalue weighted by Gasteiger charge is 2.20. The highest BCUT2D eigenvalue weighted by Crippen LogP contribution is 2.34. The Morgan fingerprint density at radius 3 is 2.71 bits per heavy atom. The summed E-state index contributed by atoms with van der Waals surface area (Å²) in [5, 5.41) is 2.89. The minimum absolute atomic E-state index is 0.118. The normalized spacial score (nSPS) is 15.0. The molecule has 1 aromatic heterocycles. The lowest BCUT2D eigenvalue weighted by Crippen LogP contribution is -2.29. The molecular formula is C26H26Cl2FN3O3. The second-order valence-electron chi connectivity index (χ2n) is 8.59. The van der Waals surface area contributed by atoms with Gasteiger partial charge >= 0.3 is 0 Å². The zero-order valence-electron chi connectivity index (χ0n) is 19.2. The standard InChI is InChI=1S/C26H26Cl2FN3O3/c1-16(23-21(27)8-9-22(29)24(23)28)35-19-13-20(25(33)30-14-19)26(34)31-18-7-5-6-17(12-18)15-32-10-3-2-4-11-32/h5-9,12-14,16H,2-4,10-11,15H2,1H3,(H,30,33)(H,31,34)/t16-/m1/s1. The van der Waals surface area contributed by atoms with Crippen LogP contribution in [0.1, 0.15) is 53.8 Å². The number of hydrogen-bond acceptors (Lipinski definition) is 4. The van der Waals surface area contributed by atoms with Crippen molar-refractivity contribution < 1.29 is 13.9 Å². The number of likely N-dealkylation sites (tertiary alicyclic amines) is 1. The molecular weight excluding hydrogens is 492 g/mol. The molecule has 1 amide bonds. The van der Waals surface area contributed by atoms with Gasteiger partial charge in [-0.3, -0.25) is 14.5 Å². The summed E-state index contributed by atoms with van der Waals surface area (Å²) >= 11 is 12.2. The van der Waals surface area contributed by atoms with Crippen LogP contribution in [0.3, 0.4) is 0 Å². The first-order valence-electron chi connectivity index (χ1n) is 11.5. The highest BCUT2D eigenvalue weighted by atomic mass is 35.5. The summed E-state index contributed by atoms with van der Waals surface area (Å²) in [6.07, 6.45) is 4.27. The van der Waals surface area contributed by atoms with Crippen LogP contribution in [0.5, 0.6) is 5.75 Å². The molecule has 6 nitrogen and oxygen atoms in total. The molecule has 3 aromatic rings. The fraction of sp³-hybridized carbons (Fsp3) is 0.308. The SMILES string of the molecule is C[C@@H](Oc1c[nH]c(=O)c(C(=O)Nc2cccc(CN3CCCCC3)c2)c1)c1c(Cl)ccc(F)c1Cl. The van der Waals surface area contributed by atoms with Gasteiger partial charge in [-0.1, -0.05) is 41.8 Å². The summed E-state index contributed by atoms with van der Waals surface area (Å²) in [4.78, 5) is 30.2. The molecule has 184 valence electrons. The van der Waals surface area contributed by atoms with Crippen molar-refractivity contribution in [1.82, 2.24) is 9.88 Å². The summed E-state index contributed by atoms with van der Waals surface area (Å²) in [5.74, 6) is -0.982. The number of hydrogen-bond donors (Lipinski definition) is 2. The van der Waals surface area contributed by atoms with Gasteiger partial charge in [-0.25, -0.2) is 4.39 Å². The Kier molecular flexibility index (Phi) is 8.11. The van der Waals surface area contributed by atoms with E-state index in [1.54, 1.807) is 13.0 Å². The van der Waals surface area contributed by atoms with Crippen LogP contribution in [-0.2, 0) is 6.54 Å². The number of halogens is 3. The van der Waals surface area contributed by atoms with Crippen LogP contribution in [0.15, 0.2) is 53.5 Å². The van der Waals surface area contributed by atoms with Gasteiger partial charge in [0.2, 0.25) is 0 Å². The van der Waals surface area contributed by atoms with Crippen molar-refractivity contribution in [3.05, 3.63) is 91.6 Å². The Labute approximate surface area is 213 Å². The molecule has 1 aliphatic rings. The van der Waals surface area contributed by atoms with Crippen LogP contribution in [0.4, 0.5) is 10.1 Å². The van der Waals surface area contributed by atoms with Crippen molar-refractivity contribution in [3.8, 4) is 5.75 Å². The van der Waals surface area contributed by atoms with E-state index >= 15 is 0 Å². The van der Waals surface area contributed by atoms with Gasteiger partial charge in [-0.2, -0.15) is 0 Å². The summed E-state index contributed by atoms with van der Waals surface area (Å²) in [6, 6.07) is 11.5. The van der Waals surface area contributed by atoms with E-state index in [-0.39, 0.29) is 26.9 Å². The van der Waals surface area contributed by atoms with Crippen molar-refractivity contribution in [2.24, 2.45) is 0 Å². The maximum atomic E-state index is 13.9. The van der Waals surface area contributed by atoms with Gasteiger partial charge in [0.1, 0.15) is 23.2 Å². The molecule has 35 heavy (non-hydrogen) atoms. The van der Waals surface area contributed by atoms with Crippen LogP contribution in [0, 0.1) is 5.82 Å². The Balaban J connectivity index is 1.48. The monoisotopic (exact) mass is 517 g/mol. The maximum Gasteiger partial charge on any atom is 0.261 e. The molecule has 0 bridgehead atoms. The molecule has 9 heteroatoms. The van der Waals surface area contributed by atoms with Gasteiger partial charge < -0.3 is 15.0 Å². The van der Waals surface area contributed by atoms with Crippen molar-refractivity contribution in [2.75, 3.05) is 18.4 Å². The van der Waals surface area contributed by atoms with Crippen LogP contribution in [0.25, 0.3) is 0 Å². The lowest BCUT2D eigenvalue weighted by atomic mass is 10.1. The number of carbonyl (C=O) groups is 1. The number of nitrogens with one attached hydrogen (secondary N) is 2. The number of ether oxygens (including phenoxy) is 1. The average Bonchev–Trinajstić information content (AvgIpc) is 2.84. The molecule has 0 radical (unpaired) electrons. The van der Waals surface area contributed by atoms with Crippen LogP contribution in [0.2, 0.25) is 10.0 Å². The second kappa shape index (κ2) is 11.2. The van der Waals surface area contributed by atoms with E-state index in [0.29, 0.717) is 5.69 Å². The van der Waals surface area contributed by atoms with E-state index in [1.807, 2.05) is 18.2 Å². The first-order chi connectivity index (χ1) is 16.8. The van der Waals surface area contributed by atoms with Gasteiger partial charge in [0.05, 0.1) is 5.02 Å². The van der Waals surface area contributed by atoms with Crippen LogP contribution >= 0.6 is 23.2 Å². The van der Waals surface area contributed by atoms with Gasteiger partial charge in [0.25, 0.3) is 11.5 Å². The van der Waals surface area contributed by atoms with Crippen molar-refractivity contribution in [3.63, 3.8) is 0 Å². The van der Waals surface area contributed by atoms with Crippen molar-refractivity contribution in [1.29, 1.82) is 0 Å². The second-order valence-corrected chi connectivity index (χ2v) is 9.37. The van der Waals surface area contributed by atoms with Crippen molar-refractivity contribution >= 4 is 34.8 Å². The molecule has 2 heterocycles. The van der Waals surface area contributed by atoms with Crippen LogP contribution < -0.4 is 15.6 Å².